The number of methoxy groups -OCH3 is 1. The van der Waals surface area contributed by atoms with E-state index in [1.807, 2.05) is 19.2 Å². The Morgan fingerprint density at radius 1 is 1.44 bits per heavy atom. The Balaban J connectivity index is 2.29. The van der Waals surface area contributed by atoms with Gasteiger partial charge in [-0.3, -0.25) is 4.79 Å². The average molecular weight is 249 g/mol. The Morgan fingerprint density at radius 3 is 2.83 bits per heavy atom. The lowest BCUT2D eigenvalue weighted by molar-refractivity contribution is -0.148. The third-order valence-electron chi connectivity index (χ3n) is 3.66. The van der Waals surface area contributed by atoms with Gasteiger partial charge < -0.3 is 14.7 Å². The summed E-state index contributed by atoms with van der Waals surface area (Å²) >= 11 is 0. The standard InChI is InChI=1S/C14H19NO3/c1-15-8-7-10(12(9-15)14(17)18-2)11-5-3-4-6-13(11)16/h3-6,10,12,16H,7-9H2,1-2H3. The fraction of sp³-hybridized carbons (Fsp3) is 0.500. The first-order valence-electron chi connectivity index (χ1n) is 6.17. The fourth-order valence-corrected chi connectivity index (χ4v) is 2.68. The average Bonchev–Trinajstić information content (AvgIpc) is 2.39. The van der Waals surface area contributed by atoms with Gasteiger partial charge in [-0.15, -0.1) is 0 Å². The van der Waals surface area contributed by atoms with Crippen LogP contribution in [0.3, 0.4) is 0 Å². The molecule has 4 nitrogen and oxygen atoms in total. The van der Waals surface area contributed by atoms with Gasteiger partial charge in [-0.05, 0) is 31.6 Å². The van der Waals surface area contributed by atoms with E-state index in [9.17, 15) is 9.90 Å². The monoisotopic (exact) mass is 249 g/mol. The van der Waals surface area contributed by atoms with Crippen LogP contribution in [0.4, 0.5) is 0 Å². The second-order valence-electron chi connectivity index (χ2n) is 4.85. The van der Waals surface area contributed by atoms with Crippen LogP contribution in [-0.2, 0) is 9.53 Å². The molecule has 0 saturated carbocycles. The number of hydrogen-bond acceptors (Lipinski definition) is 4. The highest BCUT2D eigenvalue weighted by atomic mass is 16.5. The van der Waals surface area contributed by atoms with E-state index in [0.717, 1.165) is 18.5 Å². The van der Waals surface area contributed by atoms with E-state index in [0.29, 0.717) is 6.54 Å². The minimum absolute atomic E-state index is 0.0369. The highest BCUT2D eigenvalue weighted by Crippen LogP contribution is 2.37. The van der Waals surface area contributed by atoms with Crippen LogP contribution in [0.2, 0.25) is 0 Å². The number of ether oxygens (including phenoxy) is 1. The lowest BCUT2D eigenvalue weighted by atomic mass is 9.80. The molecule has 1 aromatic carbocycles. The predicted octanol–water partition coefficient (Wildman–Crippen LogP) is 1.60. The Hall–Kier alpha value is -1.55. The molecule has 0 spiro atoms. The zero-order valence-corrected chi connectivity index (χ0v) is 10.8. The lowest BCUT2D eigenvalue weighted by Crippen LogP contribution is -2.41. The maximum Gasteiger partial charge on any atom is 0.310 e. The third kappa shape index (κ3) is 2.48. The van der Waals surface area contributed by atoms with E-state index in [1.54, 1.807) is 12.1 Å². The maximum atomic E-state index is 11.9. The van der Waals surface area contributed by atoms with Crippen molar-refractivity contribution >= 4 is 5.97 Å². The second-order valence-corrected chi connectivity index (χ2v) is 4.85. The molecular weight excluding hydrogens is 230 g/mol. The summed E-state index contributed by atoms with van der Waals surface area (Å²) in [6.07, 6.45) is 0.855. The zero-order valence-electron chi connectivity index (χ0n) is 10.8. The molecule has 18 heavy (non-hydrogen) atoms. The molecule has 0 amide bonds. The van der Waals surface area contributed by atoms with Crippen LogP contribution in [-0.4, -0.2) is 43.2 Å². The van der Waals surface area contributed by atoms with Crippen LogP contribution in [0.25, 0.3) is 0 Å². The van der Waals surface area contributed by atoms with E-state index in [-0.39, 0.29) is 23.6 Å². The van der Waals surface area contributed by atoms with Crippen molar-refractivity contribution < 1.29 is 14.6 Å². The lowest BCUT2D eigenvalue weighted by Gasteiger charge is -2.35. The molecule has 1 N–H and O–H groups in total. The van der Waals surface area contributed by atoms with Gasteiger partial charge in [-0.1, -0.05) is 18.2 Å². The summed E-state index contributed by atoms with van der Waals surface area (Å²) in [4.78, 5) is 14.0. The molecule has 1 heterocycles. The summed E-state index contributed by atoms with van der Waals surface area (Å²) < 4.78 is 4.88. The van der Waals surface area contributed by atoms with Crippen LogP contribution in [0.5, 0.6) is 5.75 Å². The number of phenols is 1. The Labute approximate surface area is 107 Å². The molecule has 1 aliphatic rings. The minimum atomic E-state index is -0.206. The number of aromatic hydroxyl groups is 1. The van der Waals surface area contributed by atoms with Crippen molar-refractivity contribution in [2.45, 2.75) is 12.3 Å². The smallest absolute Gasteiger partial charge is 0.310 e. The summed E-state index contributed by atoms with van der Waals surface area (Å²) in [7, 11) is 3.41. The number of piperidine rings is 1. The Bertz CT molecular complexity index is 433. The molecule has 4 heteroatoms. The first kappa shape index (κ1) is 12.9. The molecule has 0 bridgehead atoms. The summed E-state index contributed by atoms with van der Waals surface area (Å²) in [5.74, 6) is -0.104. The van der Waals surface area contributed by atoms with Gasteiger partial charge in [0.1, 0.15) is 5.75 Å². The highest BCUT2D eigenvalue weighted by molar-refractivity contribution is 5.74. The fourth-order valence-electron chi connectivity index (χ4n) is 2.68. The molecular formula is C14H19NO3. The van der Waals surface area contributed by atoms with Crippen LogP contribution in [0.1, 0.15) is 17.9 Å². The number of nitrogens with zero attached hydrogens (tertiary/aromatic N) is 1. The van der Waals surface area contributed by atoms with E-state index >= 15 is 0 Å². The number of esters is 1. The predicted molar refractivity (Wildman–Crippen MR) is 68.5 cm³/mol. The molecule has 2 atom stereocenters. The number of rotatable bonds is 2. The minimum Gasteiger partial charge on any atom is -0.508 e. The number of carbonyl (C=O) groups is 1. The SMILES string of the molecule is COC(=O)C1CN(C)CCC1c1ccccc1O. The van der Waals surface area contributed by atoms with Gasteiger partial charge in [-0.25, -0.2) is 0 Å². The van der Waals surface area contributed by atoms with Crippen molar-refractivity contribution in [3.8, 4) is 5.75 Å². The van der Waals surface area contributed by atoms with Gasteiger partial charge in [0.2, 0.25) is 0 Å². The Kier molecular flexibility index (Phi) is 3.87. The zero-order chi connectivity index (χ0) is 13.1. The molecule has 1 fully saturated rings. The van der Waals surface area contributed by atoms with E-state index < -0.39 is 0 Å². The molecule has 1 saturated heterocycles. The van der Waals surface area contributed by atoms with Crippen molar-refractivity contribution in [2.75, 3.05) is 27.2 Å². The number of benzene rings is 1. The van der Waals surface area contributed by atoms with Gasteiger partial charge in [-0.2, -0.15) is 0 Å². The first-order chi connectivity index (χ1) is 8.63. The number of hydrogen-bond donors (Lipinski definition) is 1. The summed E-state index contributed by atoms with van der Waals surface area (Å²) in [5, 5.41) is 9.94. The summed E-state index contributed by atoms with van der Waals surface area (Å²) in [5.41, 5.74) is 0.848. The van der Waals surface area contributed by atoms with E-state index in [4.69, 9.17) is 4.74 Å². The van der Waals surface area contributed by atoms with Crippen LogP contribution in [0, 0.1) is 5.92 Å². The van der Waals surface area contributed by atoms with Crippen molar-refractivity contribution in [1.82, 2.24) is 4.90 Å². The largest absolute Gasteiger partial charge is 0.508 e. The summed E-state index contributed by atoms with van der Waals surface area (Å²) in [6.45, 7) is 1.60. The van der Waals surface area contributed by atoms with E-state index in [1.165, 1.54) is 7.11 Å². The highest BCUT2D eigenvalue weighted by Gasteiger charge is 2.35. The van der Waals surface area contributed by atoms with Gasteiger partial charge >= 0.3 is 5.97 Å². The third-order valence-corrected chi connectivity index (χ3v) is 3.66. The van der Waals surface area contributed by atoms with Crippen molar-refractivity contribution in [1.29, 1.82) is 0 Å². The van der Waals surface area contributed by atoms with Gasteiger partial charge in [0, 0.05) is 12.5 Å². The van der Waals surface area contributed by atoms with Gasteiger partial charge in [0.15, 0.2) is 0 Å². The van der Waals surface area contributed by atoms with Crippen LogP contribution < -0.4 is 0 Å². The molecule has 98 valence electrons. The number of para-hydroxylation sites is 1. The van der Waals surface area contributed by atoms with Gasteiger partial charge in [0.25, 0.3) is 0 Å². The van der Waals surface area contributed by atoms with Crippen LogP contribution in [0.15, 0.2) is 24.3 Å². The van der Waals surface area contributed by atoms with Crippen molar-refractivity contribution in [2.24, 2.45) is 5.92 Å². The number of carbonyl (C=O) groups excluding carboxylic acids is 1. The maximum absolute atomic E-state index is 11.9. The summed E-state index contributed by atoms with van der Waals surface area (Å²) in [6, 6.07) is 7.24. The second kappa shape index (κ2) is 5.40. The topological polar surface area (TPSA) is 49.8 Å². The van der Waals surface area contributed by atoms with Gasteiger partial charge in [0.05, 0.1) is 13.0 Å². The van der Waals surface area contributed by atoms with Crippen molar-refractivity contribution in [3.05, 3.63) is 29.8 Å². The molecule has 2 unspecified atom stereocenters. The molecule has 0 radical (unpaired) electrons. The first-order valence-corrected chi connectivity index (χ1v) is 6.17. The van der Waals surface area contributed by atoms with E-state index in [2.05, 4.69) is 4.90 Å². The quantitative estimate of drug-likeness (QED) is 0.809. The normalized spacial score (nSPS) is 24.8. The molecule has 0 aliphatic carbocycles. The number of phenolic OH excluding ortho intramolecular Hbond substituents is 1. The molecule has 1 aliphatic heterocycles. The van der Waals surface area contributed by atoms with Crippen molar-refractivity contribution in [3.63, 3.8) is 0 Å². The molecule has 1 aromatic rings. The van der Waals surface area contributed by atoms with Crippen LogP contribution >= 0.6 is 0 Å². The molecule has 2 rings (SSSR count). The Morgan fingerprint density at radius 2 is 2.17 bits per heavy atom. The number of likely N-dealkylation sites (tertiary alicyclic amines) is 1. The molecule has 0 aromatic heterocycles.